The molecular formula is C17H18O6. The molecular weight excluding hydrogens is 300 g/mol. The lowest BCUT2D eigenvalue weighted by atomic mass is 10.0. The molecule has 0 heterocycles. The number of benzene rings is 2. The molecule has 0 fully saturated rings. The molecule has 0 saturated heterocycles. The Kier molecular flexibility index (Phi) is 4.95. The Morgan fingerprint density at radius 2 is 1.43 bits per heavy atom. The third kappa shape index (κ3) is 3.01. The SMILES string of the molecule is COc1ccc(C(=O)c2ccc(OC)c(OC)c2OC)cc1O. The van der Waals surface area contributed by atoms with Gasteiger partial charge in [-0.3, -0.25) is 4.79 Å². The lowest BCUT2D eigenvalue weighted by Crippen LogP contribution is -2.06. The number of phenolic OH excluding ortho intramolecular Hbond substituents is 1. The number of aromatic hydroxyl groups is 1. The number of carbonyl (C=O) groups is 1. The highest BCUT2D eigenvalue weighted by Crippen LogP contribution is 2.40. The minimum atomic E-state index is -0.319. The average molecular weight is 318 g/mol. The first-order valence-corrected chi connectivity index (χ1v) is 6.78. The van der Waals surface area contributed by atoms with Gasteiger partial charge in [-0.25, -0.2) is 0 Å². The Bertz CT molecular complexity index is 723. The van der Waals surface area contributed by atoms with Crippen molar-refractivity contribution in [2.75, 3.05) is 28.4 Å². The Morgan fingerprint density at radius 3 is 1.96 bits per heavy atom. The molecule has 2 aromatic carbocycles. The largest absolute Gasteiger partial charge is 0.504 e. The third-order valence-corrected chi connectivity index (χ3v) is 3.39. The van der Waals surface area contributed by atoms with Crippen LogP contribution >= 0.6 is 0 Å². The van der Waals surface area contributed by atoms with Crippen LogP contribution in [0.25, 0.3) is 0 Å². The topological polar surface area (TPSA) is 74.2 Å². The van der Waals surface area contributed by atoms with E-state index in [1.807, 2.05) is 0 Å². The van der Waals surface area contributed by atoms with E-state index in [0.29, 0.717) is 28.4 Å². The van der Waals surface area contributed by atoms with Crippen LogP contribution in [0.4, 0.5) is 0 Å². The zero-order chi connectivity index (χ0) is 17.0. The summed E-state index contributed by atoms with van der Waals surface area (Å²) in [6.45, 7) is 0. The van der Waals surface area contributed by atoms with E-state index in [-0.39, 0.29) is 17.3 Å². The summed E-state index contributed by atoms with van der Waals surface area (Å²) in [6.07, 6.45) is 0. The van der Waals surface area contributed by atoms with Crippen LogP contribution in [0.15, 0.2) is 30.3 Å². The second-order valence-corrected chi connectivity index (χ2v) is 4.60. The second kappa shape index (κ2) is 6.91. The van der Waals surface area contributed by atoms with Crippen molar-refractivity contribution in [1.82, 2.24) is 0 Å². The molecule has 122 valence electrons. The van der Waals surface area contributed by atoms with E-state index in [1.54, 1.807) is 18.2 Å². The van der Waals surface area contributed by atoms with Gasteiger partial charge >= 0.3 is 0 Å². The van der Waals surface area contributed by atoms with Gasteiger partial charge in [-0.2, -0.15) is 0 Å². The molecule has 1 N–H and O–H groups in total. The van der Waals surface area contributed by atoms with Crippen LogP contribution in [0.5, 0.6) is 28.7 Å². The predicted octanol–water partition coefficient (Wildman–Crippen LogP) is 2.66. The van der Waals surface area contributed by atoms with Crippen LogP contribution in [0, 0.1) is 0 Å². The van der Waals surface area contributed by atoms with Crippen molar-refractivity contribution in [3.63, 3.8) is 0 Å². The maximum atomic E-state index is 12.7. The summed E-state index contributed by atoms with van der Waals surface area (Å²) >= 11 is 0. The molecule has 2 rings (SSSR count). The highest BCUT2D eigenvalue weighted by Gasteiger charge is 2.22. The summed E-state index contributed by atoms with van der Waals surface area (Å²) in [7, 11) is 5.85. The van der Waals surface area contributed by atoms with Crippen LogP contribution < -0.4 is 18.9 Å². The van der Waals surface area contributed by atoms with E-state index < -0.39 is 0 Å². The third-order valence-electron chi connectivity index (χ3n) is 3.39. The van der Waals surface area contributed by atoms with Crippen LogP contribution in [0.2, 0.25) is 0 Å². The molecule has 0 spiro atoms. The fourth-order valence-electron chi connectivity index (χ4n) is 2.27. The Labute approximate surface area is 134 Å². The molecule has 0 amide bonds. The maximum Gasteiger partial charge on any atom is 0.204 e. The average Bonchev–Trinajstić information content (AvgIpc) is 2.59. The van der Waals surface area contributed by atoms with Gasteiger partial charge < -0.3 is 24.1 Å². The first kappa shape index (κ1) is 16.5. The van der Waals surface area contributed by atoms with Crippen LogP contribution in [-0.4, -0.2) is 39.3 Å². The number of methoxy groups -OCH3 is 4. The minimum Gasteiger partial charge on any atom is -0.504 e. The number of rotatable bonds is 6. The highest BCUT2D eigenvalue weighted by atomic mass is 16.5. The van der Waals surface area contributed by atoms with Crippen LogP contribution in [-0.2, 0) is 0 Å². The van der Waals surface area contributed by atoms with Gasteiger partial charge in [0.25, 0.3) is 0 Å². The summed E-state index contributed by atoms with van der Waals surface area (Å²) in [5.41, 5.74) is 0.600. The maximum absolute atomic E-state index is 12.7. The van der Waals surface area contributed by atoms with Crippen molar-refractivity contribution >= 4 is 5.78 Å². The smallest absolute Gasteiger partial charge is 0.204 e. The lowest BCUT2D eigenvalue weighted by Gasteiger charge is -2.15. The molecule has 2 aromatic rings. The molecule has 23 heavy (non-hydrogen) atoms. The highest BCUT2D eigenvalue weighted by molar-refractivity contribution is 6.11. The van der Waals surface area contributed by atoms with Crippen molar-refractivity contribution in [2.45, 2.75) is 0 Å². The van der Waals surface area contributed by atoms with Gasteiger partial charge in [0.15, 0.2) is 28.8 Å². The molecule has 6 heteroatoms. The molecule has 0 aliphatic carbocycles. The van der Waals surface area contributed by atoms with Crippen molar-refractivity contribution in [3.05, 3.63) is 41.5 Å². The number of carbonyl (C=O) groups excluding carboxylic acids is 1. The van der Waals surface area contributed by atoms with E-state index in [1.165, 1.54) is 40.6 Å². The number of ether oxygens (including phenoxy) is 4. The summed E-state index contributed by atoms with van der Waals surface area (Å²) in [5.74, 6) is 0.920. The van der Waals surface area contributed by atoms with Crippen LogP contribution in [0.3, 0.4) is 0 Å². The van der Waals surface area contributed by atoms with E-state index in [0.717, 1.165) is 0 Å². The number of phenols is 1. The van der Waals surface area contributed by atoms with E-state index in [4.69, 9.17) is 18.9 Å². The second-order valence-electron chi connectivity index (χ2n) is 4.60. The van der Waals surface area contributed by atoms with Gasteiger partial charge in [0.2, 0.25) is 5.75 Å². The number of hydrogen-bond acceptors (Lipinski definition) is 6. The van der Waals surface area contributed by atoms with Crippen molar-refractivity contribution < 1.29 is 28.8 Å². The normalized spacial score (nSPS) is 10.1. The molecule has 0 bridgehead atoms. The van der Waals surface area contributed by atoms with Crippen LogP contribution in [0.1, 0.15) is 15.9 Å². The standard InChI is InChI=1S/C17H18O6/c1-20-13-7-5-10(9-12(13)18)15(19)11-6-8-14(21-2)17(23-4)16(11)22-3/h5-9,18H,1-4H3. The Balaban J connectivity index is 2.53. The molecule has 6 nitrogen and oxygen atoms in total. The van der Waals surface area contributed by atoms with Gasteiger partial charge in [-0.05, 0) is 30.3 Å². The zero-order valence-corrected chi connectivity index (χ0v) is 13.4. The first-order chi connectivity index (χ1) is 11.1. The Hall–Kier alpha value is -2.89. The summed E-state index contributed by atoms with van der Waals surface area (Å²) in [5, 5.41) is 9.84. The molecule has 0 aliphatic rings. The minimum absolute atomic E-state index is 0.113. The van der Waals surface area contributed by atoms with Gasteiger partial charge in [0.05, 0.1) is 34.0 Å². The summed E-state index contributed by atoms with van der Waals surface area (Å²) < 4.78 is 20.8. The fraction of sp³-hybridized carbons (Fsp3) is 0.235. The van der Waals surface area contributed by atoms with E-state index in [2.05, 4.69) is 0 Å². The molecule has 0 radical (unpaired) electrons. The molecule has 0 aromatic heterocycles. The van der Waals surface area contributed by atoms with Crippen molar-refractivity contribution in [1.29, 1.82) is 0 Å². The zero-order valence-electron chi connectivity index (χ0n) is 13.4. The molecule has 0 atom stereocenters. The predicted molar refractivity (Wildman–Crippen MR) is 84.2 cm³/mol. The Morgan fingerprint density at radius 1 is 0.826 bits per heavy atom. The van der Waals surface area contributed by atoms with Crippen molar-refractivity contribution in [3.8, 4) is 28.7 Å². The molecule has 0 aliphatic heterocycles. The number of hydrogen-bond donors (Lipinski definition) is 1. The van der Waals surface area contributed by atoms with Crippen molar-refractivity contribution in [2.24, 2.45) is 0 Å². The van der Waals surface area contributed by atoms with E-state index in [9.17, 15) is 9.90 Å². The first-order valence-electron chi connectivity index (χ1n) is 6.78. The molecule has 0 unspecified atom stereocenters. The monoisotopic (exact) mass is 318 g/mol. The lowest BCUT2D eigenvalue weighted by molar-refractivity contribution is 0.103. The van der Waals surface area contributed by atoms with Gasteiger partial charge in [-0.15, -0.1) is 0 Å². The summed E-state index contributed by atoms with van der Waals surface area (Å²) in [6, 6.07) is 7.64. The summed E-state index contributed by atoms with van der Waals surface area (Å²) in [4.78, 5) is 12.7. The quantitative estimate of drug-likeness (QED) is 0.825. The van der Waals surface area contributed by atoms with E-state index >= 15 is 0 Å². The number of ketones is 1. The fourth-order valence-corrected chi connectivity index (χ4v) is 2.27. The van der Waals surface area contributed by atoms with Gasteiger partial charge in [0.1, 0.15) is 0 Å². The van der Waals surface area contributed by atoms with Gasteiger partial charge in [-0.1, -0.05) is 0 Å². The molecule has 0 saturated carbocycles. The van der Waals surface area contributed by atoms with Gasteiger partial charge in [0, 0.05) is 5.56 Å².